The molecule has 0 aliphatic rings. The smallest absolute Gasteiger partial charge is 0.426 e. The van der Waals surface area contributed by atoms with Crippen molar-refractivity contribution in [3.05, 3.63) is 48.0 Å². The second-order valence-corrected chi connectivity index (χ2v) is 6.55. The highest BCUT2D eigenvalue weighted by atomic mass is 16.4. The van der Waals surface area contributed by atoms with Crippen LogP contribution in [0.25, 0.3) is 0 Å². The number of nitrogens with one attached hydrogen (secondary N) is 1. The molecule has 1 amide bonds. The van der Waals surface area contributed by atoms with E-state index in [1.807, 2.05) is 18.2 Å². The molecule has 1 aromatic heterocycles. The number of aromatic nitrogens is 3. The van der Waals surface area contributed by atoms with Crippen LogP contribution >= 0.6 is 0 Å². The Kier molecular flexibility index (Phi) is 8.96. The zero-order valence-electron chi connectivity index (χ0n) is 15.5. The van der Waals surface area contributed by atoms with E-state index in [2.05, 4.69) is 27.5 Å². The van der Waals surface area contributed by atoms with Gasteiger partial charge in [-0.25, -0.2) is 9.67 Å². The van der Waals surface area contributed by atoms with Crippen LogP contribution in [-0.4, -0.2) is 50.3 Å². The molecule has 2 aromatic rings. The summed E-state index contributed by atoms with van der Waals surface area (Å²) in [4.78, 5) is 16.5. The van der Waals surface area contributed by atoms with Crippen molar-refractivity contribution in [3.63, 3.8) is 0 Å². The monoisotopic (exact) mass is 373 g/mol. The molecule has 0 fully saturated rings. The van der Waals surface area contributed by atoms with Crippen molar-refractivity contribution in [2.45, 2.75) is 51.0 Å². The Hall–Kier alpha value is -2.23. The van der Waals surface area contributed by atoms with Crippen LogP contribution < -0.4 is 11.1 Å². The molecule has 0 aliphatic carbocycles. The van der Waals surface area contributed by atoms with E-state index >= 15 is 0 Å². The zero-order chi connectivity index (χ0) is 19.5. The number of unbranched alkanes of at least 4 members (excludes halogenated alkanes) is 1. The molecule has 27 heavy (non-hydrogen) atoms. The first-order chi connectivity index (χ1) is 13.1. The van der Waals surface area contributed by atoms with Gasteiger partial charge in [0.15, 0.2) is 0 Å². The van der Waals surface area contributed by atoms with Gasteiger partial charge in [0.2, 0.25) is 5.91 Å². The maximum atomic E-state index is 12.3. The SMILES string of the molecule is NCCCCC(NC(=O)Cn1ncnc1CCCc1ccccc1)B(O)O. The number of rotatable bonds is 12. The third-order valence-corrected chi connectivity index (χ3v) is 4.37. The molecule has 0 radical (unpaired) electrons. The second-order valence-electron chi connectivity index (χ2n) is 6.55. The van der Waals surface area contributed by atoms with Gasteiger partial charge in [0.25, 0.3) is 0 Å². The second kappa shape index (κ2) is 11.5. The number of nitrogens with zero attached hydrogens (tertiary/aromatic N) is 3. The van der Waals surface area contributed by atoms with E-state index < -0.39 is 13.1 Å². The quantitative estimate of drug-likeness (QED) is 0.308. The first kappa shape index (κ1) is 21.1. The number of hydrogen-bond donors (Lipinski definition) is 4. The molecule has 9 heteroatoms. The van der Waals surface area contributed by atoms with E-state index in [4.69, 9.17) is 5.73 Å². The summed E-state index contributed by atoms with van der Waals surface area (Å²) in [5, 5.41) is 25.6. The van der Waals surface area contributed by atoms with Crippen LogP contribution in [0.4, 0.5) is 0 Å². The minimum atomic E-state index is -1.60. The van der Waals surface area contributed by atoms with Crippen molar-refractivity contribution in [3.8, 4) is 0 Å². The van der Waals surface area contributed by atoms with Crippen molar-refractivity contribution in [1.82, 2.24) is 20.1 Å². The van der Waals surface area contributed by atoms with Gasteiger partial charge in [0, 0.05) is 6.42 Å². The predicted octanol–water partition coefficient (Wildman–Crippen LogP) is 0.0792. The molecule has 1 aromatic carbocycles. The maximum Gasteiger partial charge on any atom is 0.475 e. The van der Waals surface area contributed by atoms with Gasteiger partial charge in [0.05, 0.1) is 5.94 Å². The van der Waals surface area contributed by atoms with Gasteiger partial charge in [-0.15, -0.1) is 0 Å². The Morgan fingerprint density at radius 1 is 1.19 bits per heavy atom. The number of benzene rings is 1. The number of carbonyl (C=O) groups excluding carboxylic acids is 1. The fraction of sp³-hybridized carbons (Fsp3) is 0.500. The van der Waals surface area contributed by atoms with Crippen molar-refractivity contribution in [2.24, 2.45) is 5.73 Å². The van der Waals surface area contributed by atoms with Gasteiger partial charge in [-0.3, -0.25) is 4.79 Å². The number of hydrogen-bond acceptors (Lipinski definition) is 6. The number of nitrogens with two attached hydrogens (primary N) is 1. The Labute approximate surface area is 159 Å². The van der Waals surface area contributed by atoms with Crippen LogP contribution in [0.5, 0.6) is 0 Å². The normalized spacial score (nSPS) is 12.0. The fourth-order valence-electron chi connectivity index (χ4n) is 2.90. The number of amides is 1. The van der Waals surface area contributed by atoms with Crippen LogP contribution in [0.1, 0.15) is 37.1 Å². The third kappa shape index (κ3) is 7.50. The average molecular weight is 373 g/mol. The maximum absolute atomic E-state index is 12.3. The predicted molar refractivity (Wildman–Crippen MR) is 104 cm³/mol. The molecule has 5 N–H and O–H groups in total. The third-order valence-electron chi connectivity index (χ3n) is 4.37. The first-order valence-corrected chi connectivity index (χ1v) is 9.36. The Morgan fingerprint density at radius 3 is 2.67 bits per heavy atom. The van der Waals surface area contributed by atoms with E-state index in [0.717, 1.165) is 25.1 Å². The molecule has 0 aliphatic heterocycles. The van der Waals surface area contributed by atoms with Gasteiger partial charge >= 0.3 is 7.12 Å². The minimum Gasteiger partial charge on any atom is -0.426 e. The summed E-state index contributed by atoms with van der Waals surface area (Å²) in [6, 6.07) is 10.2. The van der Waals surface area contributed by atoms with E-state index in [-0.39, 0.29) is 12.5 Å². The van der Waals surface area contributed by atoms with E-state index in [1.54, 1.807) is 4.68 Å². The highest BCUT2D eigenvalue weighted by molar-refractivity contribution is 6.43. The van der Waals surface area contributed by atoms with E-state index in [1.165, 1.54) is 11.9 Å². The van der Waals surface area contributed by atoms with Crippen LogP contribution in [0, 0.1) is 0 Å². The van der Waals surface area contributed by atoms with E-state index in [0.29, 0.717) is 25.8 Å². The van der Waals surface area contributed by atoms with Gasteiger partial charge in [-0.2, -0.15) is 5.10 Å². The summed E-state index contributed by atoms with van der Waals surface area (Å²) in [5.74, 6) is -0.296. The molecule has 0 saturated heterocycles. The first-order valence-electron chi connectivity index (χ1n) is 9.36. The summed E-state index contributed by atoms with van der Waals surface area (Å²) >= 11 is 0. The molecule has 8 nitrogen and oxygen atoms in total. The van der Waals surface area contributed by atoms with E-state index in [9.17, 15) is 14.8 Å². The van der Waals surface area contributed by atoms with Gasteiger partial charge in [-0.05, 0) is 37.8 Å². The largest absolute Gasteiger partial charge is 0.475 e. The number of aryl methyl sites for hydroxylation is 2. The Morgan fingerprint density at radius 2 is 1.96 bits per heavy atom. The highest BCUT2D eigenvalue weighted by Gasteiger charge is 2.25. The van der Waals surface area contributed by atoms with Crippen molar-refractivity contribution < 1.29 is 14.8 Å². The van der Waals surface area contributed by atoms with Gasteiger partial charge in [0.1, 0.15) is 18.7 Å². The summed E-state index contributed by atoms with van der Waals surface area (Å²) in [6.07, 6.45) is 5.93. The molecule has 1 atom stereocenters. The summed E-state index contributed by atoms with van der Waals surface area (Å²) < 4.78 is 1.56. The van der Waals surface area contributed by atoms with Crippen molar-refractivity contribution in [1.29, 1.82) is 0 Å². The van der Waals surface area contributed by atoms with Crippen LogP contribution in [0.3, 0.4) is 0 Å². The molecule has 1 heterocycles. The van der Waals surface area contributed by atoms with Crippen LogP contribution in [-0.2, 0) is 24.2 Å². The molecule has 0 spiro atoms. The lowest BCUT2D eigenvalue weighted by Crippen LogP contribution is -2.47. The van der Waals surface area contributed by atoms with Gasteiger partial charge < -0.3 is 21.1 Å². The summed E-state index contributed by atoms with van der Waals surface area (Å²) in [5.41, 5.74) is 6.71. The van der Waals surface area contributed by atoms with Crippen LogP contribution in [0.15, 0.2) is 36.7 Å². The standard InChI is InChI=1S/C18H28BN5O3/c20-12-5-4-10-16(19(26)27)23-18(25)13-24-17(21-14-22-24)11-6-9-15-7-2-1-3-8-15/h1-3,7-8,14,16,26-27H,4-6,9-13,20H2,(H,23,25). The molecule has 1 unspecified atom stereocenters. The zero-order valence-corrected chi connectivity index (χ0v) is 15.5. The van der Waals surface area contributed by atoms with Crippen molar-refractivity contribution >= 4 is 13.0 Å². The molecule has 0 saturated carbocycles. The summed E-state index contributed by atoms with van der Waals surface area (Å²) in [6.45, 7) is 0.536. The topological polar surface area (TPSA) is 126 Å². The van der Waals surface area contributed by atoms with Crippen LogP contribution in [0.2, 0.25) is 0 Å². The van der Waals surface area contributed by atoms with Crippen molar-refractivity contribution in [2.75, 3.05) is 6.54 Å². The Bertz CT molecular complexity index is 681. The summed E-state index contributed by atoms with van der Waals surface area (Å²) in [7, 11) is -1.60. The number of carbonyl (C=O) groups is 1. The average Bonchev–Trinajstić information content (AvgIpc) is 3.08. The molecular weight excluding hydrogens is 345 g/mol. The molecule has 146 valence electrons. The molecule has 2 rings (SSSR count). The highest BCUT2D eigenvalue weighted by Crippen LogP contribution is 2.07. The molecule has 0 bridgehead atoms. The lowest BCUT2D eigenvalue weighted by Gasteiger charge is -2.17. The molecular formula is C18H28BN5O3. The lowest BCUT2D eigenvalue weighted by molar-refractivity contribution is -0.122. The fourth-order valence-corrected chi connectivity index (χ4v) is 2.90. The lowest BCUT2D eigenvalue weighted by atomic mass is 9.76. The van der Waals surface area contributed by atoms with Gasteiger partial charge in [-0.1, -0.05) is 36.8 Å². The Balaban J connectivity index is 1.82. The minimum absolute atomic E-state index is 0.000773.